The average Bonchev–Trinajstić information content (AvgIpc) is 2.83. The summed E-state index contributed by atoms with van der Waals surface area (Å²) in [4.78, 5) is 16.2. The molecule has 25 heavy (non-hydrogen) atoms. The van der Waals surface area contributed by atoms with Crippen LogP contribution in [0.1, 0.15) is 33.1 Å². The third kappa shape index (κ3) is 3.13. The topological polar surface area (TPSA) is 153 Å². The highest BCUT2D eigenvalue weighted by Gasteiger charge is 2.72. The third-order valence-corrected chi connectivity index (χ3v) is 5.53. The van der Waals surface area contributed by atoms with Gasteiger partial charge in [0.2, 0.25) is 0 Å². The zero-order chi connectivity index (χ0) is 18.4. The Bertz CT molecular complexity index is 620. The van der Waals surface area contributed by atoms with Gasteiger partial charge in [0, 0.05) is 31.1 Å². The van der Waals surface area contributed by atoms with Crippen LogP contribution in [0.4, 0.5) is 0 Å². The van der Waals surface area contributed by atoms with Crippen molar-refractivity contribution >= 4 is 12.2 Å². The molecule has 1 saturated heterocycles. The minimum Gasteiger partial charge on any atom is -0.464 e. The van der Waals surface area contributed by atoms with Crippen LogP contribution in [0.25, 0.3) is 0 Å². The molecule has 1 fully saturated rings. The van der Waals surface area contributed by atoms with Gasteiger partial charge < -0.3 is 26.4 Å². The van der Waals surface area contributed by atoms with E-state index in [1.165, 1.54) is 0 Å². The molecule has 140 valence electrons. The fourth-order valence-electron chi connectivity index (χ4n) is 3.55. The predicted molar refractivity (Wildman–Crippen MR) is 92.2 cm³/mol. The smallest absolute Gasteiger partial charge is 0.323 e. The normalized spacial score (nSPS) is 34.9. The van der Waals surface area contributed by atoms with Crippen molar-refractivity contribution in [3.8, 4) is 0 Å². The zero-order valence-corrected chi connectivity index (χ0v) is 14.7. The second-order valence-corrected chi connectivity index (χ2v) is 7.77. The first-order chi connectivity index (χ1) is 11.7. The lowest BCUT2D eigenvalue weighted by Gasteiger charge is -2.20. The molecule has 0 saturated carbocycles. The zero-order valence-electron chi connectivity index (χ0n) is 14.7. The first kappa shape index (κ1) is 18.5. The van der Waals surface area contributed by atoms with Gasteiger partial charge >= 0.3 is 5.97 Å². The lowest BCUT2D eigenvalue weighted by molar-refractivity contribution is -0.148. The van der Waals surface area contributed by atoms with Crippen LogP contribution in [0, 0.1) is 17.8 Å². The Kier molecular flexibility index (Phi) is 4.76. The summed E-state index contributed by atoms with van der Waals surface area (Å²) in [6.45, 7) is 3.81. The molecule has 0 bridgehead atoms. The summed E-state index contributed by atoms with van der Waals surface area (Å²) < 4.78 is 5.24. The quantitative estimate of drug-likeness (QED) is 0.283. The summed E-state index contributed by atoms with van der Waals surface area (Å²) in [6, 6.07) is -0.645. The molecule has 3 aliphatic rings. The van der Waals surface area contributed by atoms with E-state index >= 15 is 0 Å². The van der Waals surface area contributed by atoms with Crippen LogP contribution in [0.2, 0.25) is 0 Å². The van der Waals surface area contributed by atoms with E-state index in [1.54, 1.807) is 0 Å². The number of nitrogens with one attached hydrogen (secondary N) is 1. The van der Waals surface area contributed by atoms with E-state index in [2.05, 4.69) is 10.3 Å². The Morgan fingerprint density at radius 3 is 2.92 bits per heavy atom. The second-order valence-electron chi connectivity index (χ2n) is 7.77. The van der Waals surface area contributed by atoms with Crippen molar-refractivity contribution in [2.45, 2.75) is 50.5 Å². The molecule has 8 nitrogen and oxygen atoms in total. The SMILES string of the molecule is CC(C)[C@H](N)C(=O)OCC(CO)CCC1C=NC2=C1CC1(N)NC21O. The van der Waals surface area contributed by atoms with E-state index in [1.807, 2.05) is 20.1 Å². The monoisotopic (exact) mass is 352 g/mol. The highest BCUT2D eigenvalue weighted by atomic mass is 16.5. The van der Waals surface area contributed by atoms with Gasteiger partial charge in [-0.25, -0.2) is 0 Å². The number of carbonyl (C=O) groups is 1. The number of nitrogens with zero attached hydrogens (tertiary/aromatic N) is 1. The van der Waals surface area contributed by atoms with Gasteiger partial charge in [0.1, 0.15) is 11.7 Å². The number of aliphatic hydroxyl groups excluding tert-OH is 1. The van der Waals surface area contributed by atoms with Crippen LogP contribution in [0.5, 0.6) is 0 Å². The minimum absolute atomic E-state index is 0.0110. The number of hydrogen-bond acceptors (Lipinski definition) is 8. The van der Waals surface area contributed by atoms with E-state index in [0.29, 0.717) is 18.5 Å². The van der Waals surface area contributed by atoms with Crippen LogP contribution in [0.3, 0.4) is 0 Å². The van der Waals surface area contributed by atoms with Crippen molar-refractivity contribution in [1.82, 2.24) is 5.32 Å². The molecule has 2 aliphatic heterocycles. The third-order valence-electron chi connectivity index (χ3n) is 5.53. The lowest BCUT2D eigenvalue weighted by Crippen LogP contribution is -2.38. The van der Waals surface area contributed by atoms with Gasteiger partial charge in [-0.05, 0) is 24.3 Å². The van der Waals surface area contributed by atoms with E-state index in [4.69, 9.17) is 16.2 Å². The number of ether oxygens (including phenoxy) is 1. The Balaban J connectivity index is 1.48. The number of aliphatic hydroxyl groups is 2. The maximum absolute atomic E-state index is 11.8. The van der Waals surface area contributed by atoms with Crippen LogP contribution in [-0.2, 0) is 9.53 Å². The summed E-state index contributed by atoms with van der Waals surface area (Å²) in [6.07, 6.45) is 3.84. The second kappa shape index (κ2) is 6.44. The molecule has 2 heterocycles. The van der Waals surface area contributed by atoms with Gasteiger partial charge in [-0.2, -0.15) is 0 Å². The molecular formula is C17H28N4O4. The molecule has 0 aromatic carbocycles. The number of nitrogens with two attached hydrogens (primary N) is 2. The first-order valence-electron chi connectivity index (χ1n) is 8.83. The molecule has 5 atom stereocenters. The van der Waals surface area contributed by atoms with Crippen molar-refractivity contribution < 1.29 is 19.7 Å². The van der Waals surface area contributed by atoms with Gasteiger partial charge in [0.15, 0.2) is 5.72 Å². The molecule has 3 rings (SSSR count). The lowest BCUT2D eigenvalue weighted by atomic mass is 9.90. The van der Waals surface area contributed by atoms with Gasteiger partial charge in [-0.1, -0.05) is 13.8 Å². The summed E-state index contributed by atoms with van der Waals surface area (Å²) in [5.41, 5.74) is 11.6. The Labute approximate surface area is 147 Å². The Morgan fingerprint density at radius 2 is 2.28 bits per heavy atom. The number of aliphatic imine (C=N–C) groups is 1. The summed E-state index contributed by atoms with van der Waals surface area (Å²) >= 11 is 0. The van der Waals surface area contributed by atoms with Crippen LogP contribution in [0.15, 0.2) is 16.3 Å². The van der Waals surface area contributed by atoms with Crippen molar-refractivity contribution in [1.29, 1.82) is 0 Å². The fourth-order valence-corrected chi connectivity index (χ4v) is 3.55. The summed E-state index contributed by atoms with van der Waals surface area (Å²) in [5, 5.41) is 22.8. The summed E-state index contributed by atoms with van der Waals surface area (Å²) in [5.74, 6) is -0.464. The molecule has 0 aromatic heterocycles. The Hall–Kier alpha value is -1.32. The molecule has 7 N–H and O–H groups in total. The molecule has 0 radical (unpaired) electrons. The standard InChI is InChI=1S/C17H28N4O4/c1-9(2)13(18)15(23)25-8-10(7-22)3-4-11-6-20-14-12(11)5-16(19)17(14,24)21-16/h6,9-11,13,21-22,24H,3-5,7-8,18-19H2,1-2H3/t10?,11?,13-,16?,17?/m0/s1. The summed E-state index contributed by atoms with van der Waals surface area (Å²) in [7, 11) is 0. The molecular weight excluding hydrogens is 324 g/mol. The maximum Gasteiger partial charge on any atom is 0.323 e. The number of rotatable bonds is 8. The van der Waals surface area contributed by atoms with Gasteiger partial charge in [0.25, 0.3) is 0 Å². The van der Waals surface area contributed by atoms with Crippen molar-refractivity contribution in [3.63, 3.8) is 0 Å². The molecule has 4 unspecified atom stereocenters. The van der Waals surface area contributed by atoms with Crippen LogP contribution < -0.4 is 16.8 Å². The number of carbonyl (C=O) groups excluding carboxylic acids is 1. The van der Waals surface area contributed by atoms with Crippen molar-refractivity contribution in [3.05, 3.63) is 11.3 Å². The fraction of sp³-hybridized carbons (Fsp3) is 0.765. The number of esters is 1. The predicted octanol–water partition coefficient (Wildman–Crippen LogP) is -0.793. The Morgan fingerprint density at radius 1 is 1.56 bits per heavy atom. The van der Waals surface area contributed by atoms with E-state index in [-0.39, 0.29) is 31.0 Å². The maximum atomic E-state index is 11.8. The highest BCUT2D eigenvalue weighted by Crippen LogP contribution is 2.54. The minimum atomic E-state index is -1.17. The number of fused-ring (bicyclic) bond motifs is 2. The van der Waals surface area contributed by atoms with E-state index in [9.17, 15) is 15.0 Å². The van der Waals surface area contributed by atoms with E-state index < -0.39 is 23.4 Å². The largest absolute Gasteiger partial charge is 0.464 e. The van der Waals surface area contributed by atoms with Gasteiger partial charge in [-0.15, -0.1) is 0 Å². The van der Waals surface area contributed by atoms with Crippen molar-refractivity contribution in [2.24, 2.45) is 34.2 Å². The molecule has 0 amide bonds. The molecule has 1 aliphatic carbocycles. The molecule has 0 aromatic rings. The van der Waals surface area contributed by atoms with Gasteiger partial charge in [-0.3, -0.25) is 15.1 Å². The average molecular weight is 352 g/mol. The molecule has 8 heteroatoms. The number of hydrogen-bond donors (Lipinski definition) is 5. The van der Waals surface area contributed by atoms with Gasteiger partial charge in [0.05, 0.1) is 12.3 Å². The van der Waals surface area contributed by atoms with Crippen LogP contribution in [-0.4, -0.2) is 53.0 Å². The van der Waals surface area contributed by atoms with Crippen molar-refractivity contribution in [2.75, 3.05) is 13.2 Å². The molecule has 0 spiro atoms. The highest BCUT2D eigenvalue weighted by molar-refractivity contribution is 5.76. The van der Waals surface area contributed by atoms with Crippen LogP contribution >= 0.6 is 0 Å². The first-order valence-corrected chi connectivity index (χ1v) is 8.83. The van der Waals surface area contributed by atoms with E-state index in [0.717, 1.165) is 12.0 Å².